The zero-order chi connectivity index (χ0) is 21.7. The molecule has 0 saturated heterocycles. The number of rotatable bonds is 8. The van der Waals surface area contributed by atoms with Crippen LogP contribution in [-0.2, 0) is 17.9 Å². The lowest BCUT2D eigenvalue weighted by atomic mass is 10.1. The summed E-state index contributed by atoms with van der Waals surface area (Å²) in [6, 6.07) is 9.56. The second kappa shape index (κ2) is 9.84. The molecule has 0 radical (unpaired) electrons. The van der Waals surface area contributed by atoms with E-state index in [-0.39, 0.29) is 31.2 Å². The van der Waals surface area contributed by atoms with E-state index in [1.54, 1.807) is 35.2 Å². The van der Waals surface area contributed by atoms with Crippen LogP contribution in [0.25, 0.3) is 0 Å². The van der Waals surface area contributed by atoms with E-state index in [1.807, 2.05) is 49.6 Å². The molecule has 30 heavy (non-hydrogen) atoms. The van der Waals surface area contributed by atoms with Gasteiger partial charge in [-0.2, -0.15) is 0 Å². The van der Waals surface area contributed by atoms with Gasteiger partial charge in [-0.15, -0.1) is 11.3 Å². The lowest BCUT2D eigenvalue weighted by molar-refractivity contribution is -0.133. The molecule has 3 amide bonds. The van der Waals surface area contributed by atoms with Gasteiger partial charge < -0.3 is 24.2 Å². The third kappa shape index (κ3) is 5.66. The molecule has 1 aromatic heterocycles. The number of hydrogen-bond acceptors (Lipinski definition) is 5. The largest absolute Gasteiger partial charge is 0.454 e. The molecule has 1 aliphatic rings. The third-order valence-electron chi connectivity index (χ3n) is 4.65. The average molecular weight is 432 g/mol. The molecule has 2 heterocycles. The maximum absolute atomic E-state index is 13.3. The van der Waals surface area contributed by atoms with Crippen LogP contribution in [0.5, 0.6) is 11.5 Å². The van der Waals surface area contributed by atoms with Crippen LogP contribution in [0.2, 0.25) is 0 Å². The van der Waals surface area contributed by atoms with Crippen molar-refractivity contribution in [2.24, 2.45) is 5.92 Å². The minimum absolute atomic E-state index is 0.0467. The summed E-state index contributed by atoms with van der Waals surface area (Å²) in [7, 11) is 3.41. The number of hydrogen-bond donors (Lipinski definition) is 0. The molecule has 7 nitrogen and oxygen atoms in total. The minimum Gasteiger partial charge on any atom is -0.454 e. The van der Waals surface area contributed by atoms with E-state index in [9.17, 15) is 9.59 Å². The fraction of sp³-hybridized carbons (Fsp3) is 0.455. The van der Waals surface area contributed by atoms with E-state index in [2.05, 4.69) is 0 Å². The summed E-state index contributed by atoms with van der Waals surface area (Å²) in [6.07, 6.45) is 0. The van der Waals surface area contributed by atoms with E-state index in [0.29, 0.717) is 25.4 Å². The number of carbonyl (C=O) groups is 2. The van der Waals surface area contributed by atoms with Crippen molar-refractivity contribution in [3.05, 3.63) is 46.2 Å². The SMILES string of the molecule is CC(C)CN(CC(=O)N(Cc1ccc2c(c1)OCO2)Cc1cccs1)C(=O)N(C)C. The average Bonchev–Trinajstić information content (AvgIpc) is 3.37. The fourth-order valence-corrected chi connectivity index (χ4v) is 4.00. The molecular weight excluding hydrogens is 402 g/mol. The van der Waals surface area contributed by atoms with Gasteiger partial charge in [0.1, 0.15) is 6.54 Å². The van der Waals surface area contributed by atoms with Crippen LogP contribution in [0.3, 0.4) is 0 Å². The first-order chi connectivity index (χ1) is 14.3. The Labute approximate surface area is 181 Å². The van der Waals surface area contributed by atoms with Crippen LogP contribution >= 0.6 is 11.3 Å². The van der Waals surface area contributed by atoms with Crippen LogP contribution in [0.1, 0.15) is 24.3 Å². The second-order valence-electron chi connectivity index (χ2n) is 7.97. The van der Waals surface area contributed by atoms with E-state index < -0.39 is 0 Å². The smallest absolute Gasteiger partial charge is 0.319 e. The van der Waals surface area contributed by atoms with E-state index in [0.717, 1.165) is 16.2 Å². The van der Waals surface area contributed by atoms with Crippen LogP contribution in [0, 0.1) is 5.92 Å². The molecule has 0 spiro atoms. The Kier molecular flexibility index (Phi) is 7.20. The molecule has 0 saturated carbocycles. The number of nitrogens with zero attached hydrogens (tertiary/aromatic N) is 3. The molecule has 1 aromatic carbocycles. The normalized spacial score (nSPS) is 12.2. The predicted molar refractivity (Wildman–Crippen MR) is 117 cm³/mol. The number of ether oxygens (including phenoxy) is 2. The summed E-state index contributed by atoms with van der Waals surface area (Å²) >= 11 is 1.61. The minimum atomic E-state index is -0.156. The van der Waals surface area contributed by atoms with Crippen LogP contribution in [0.4, 0.5) is 4.79 Å². The zero-order valence-electron chi connectivity index (χ0n) is 18.0. The second-order valence-corrected chi connectivity index (χ2v) is 9.00. The van der Waals surface area contributed by atoms with Crippen LogP contribution in [0.15, 0.2) is 35.7 Å². The number of amides is 3. The van der Waals surface area contributed by atoms with Crippen molar-refractivity contribution >= 4 is 23.3 Å². The van der Waals surface area contributed by atoms with E-state index in [1.165, 1.54) is 4.90 Å². The molecule has 0 aliphatic carbocycles. The van der Waals surface area contributed by atoms with Crippen molar-refractivity contribution in [2.45, 2.75) is 26.9 Å². The summed E-state index contributed by atoms with van der Waals surface area (Å²) in [4.78, 5) is 31.9. The maximum atomic E-state index is 13.3. The Bertz CT molecular complexity index is 867. The number of urea groups is 1. The molecule has 0 fully saturated rings. The summed E-state index contributed by atoms with van der Waals surface area (Å²) < 4.78 is 10.9. The van der Waals surface area contributed by atoms with Crippen molar-refractivity contribution in [3.63, 3.8) is 0 Å². The zero-order valence-corrected chi connectivity index (χ0v) is 18.8. The quantitative estimate of drug-likeness (QED) is 0.640. The lowest BCUT2D eigenvalue weighted by Crippen LogP contribution is -2.47. The van der Waals surface area contributed by atoms with Gasteiger partial charge in [0, 0.05) is 32.1 Å². The molecule has 0 bridgehead atoms. The van der Waals surface area contributed by atoms with E-state index in [4.69, 9.17) is 9.47 Å². The molecule has 0 atom stereocenters. The summed E-state index contributed by atoms with van der Waals surface area (Å²) in [5.74, 6) is 1.59. The summed E-state index contributed by atoms with van der Waals surface area (Å²) in [5, 5.41) is 2.00. The summed E-state index contributed by atoms with van der Waals surface area (Å²) in [5.41, 5.74) is 0.957. The molecule has 162 valence electrons. The molecule has 1 aliphatic heterocycles. The Hall–Kier alpha value is -2.74. The highest BCUT2D eigenvalue weighted by molar-refractivity contribution is 7.09. The first-order valence-electron chi connectivity index (χ1n) is 9.98. The molecule has 2 aromatic rings. The van der Waals surface area contributed by atoms with Crippen molar-refractivity contribution in [1.82, 2.24) is 14.7 Å². The highest BCUT2D eigenvalue weighted by atomic mass is 32.1. The maximum Gasteiger partial charge on any atom is 0.319 e. The van der Waals surface area contributed by atoms with Crippen molar-refractivity contribution in [2.75, 3.05) is 34.0 Å². The van der Waals surface area contributed by atoms with Gasteiger partial charge >= 0.3 is 6.03 Å². The molecule has 8 heteroatoms. The molecule has 0 N–H and O–H groups in total. The lowest BCUT2D eigenvalue weighted by Gasteiger charge is -2.30. The Morgan fingerprint density at radius 2 is 1.83 bits per heavy atom. The highest BCUT2D eigenvalue weighted by Crippen LogP contribution is 2.33. The molecule has 0 unspecified atom stereocenters. The standard InChI is InChI=1S/C22H29N3O4S/c1-16(2)11-25(22(27)23(3)4)14-21(26)24(13-18-6-5-9-30-18)12-17-7-8-19-20(10-17)29-15-28-19/h5-10,16H,11-15H2,1-4H3. The topological polar surface area (TPSA) is 62.3 Å². The third-order valence-corrected chi connectivity index (χ3v) is 5.52. The van der Waals surface area contributed by atoms with Gasteiger partial charge in [-0.25, -0.2) is 4.79 Å². The highest BCUT2D eigenvalue weighted by Gasteiger charge is 2.24. The Balaban J connectivity index is 1.78. The predicted octanol–water partition coefficient (Wildman–Crippen LogP) is 3.65. The van der Waals surface area contributed by atoms with Gasteiger partial charge in [0.2, 0.25) is 12.7 Å². The molecule has 3 rings (SSSR count). The van der Waals surface area contributed by atoms with Gasteiger partial charge in [0.15, 0.2) is 11.5 Å². The number of thiophene rings is 1. The monoisotopic (exact) mass is 431 g/mol. The Morgan fingerprint density at radius 1 is 1.07 bits per heavy atom. The first-order valence-corrected chi connectivity index (χ1v) is 10.9. The van der Waals surface area contributed by atoms with Gasteiger partial charge in [-0.3, -0.25) is 4.79 Å². The van der Waals surface area contributed by atoms with E-state index >= 15 is 0 Å². The van der Waals surface area contributed by atoms with Gasteiger partial charge in [-0.1, -0.05) is 26.0 Å². The number of carbonyl (C=O) groups excluding carboxylic acids is 2. The van der Waals surface area contributed by atoms with Crippen molar-refractivity contribution < 1.29 is 19.1 Å². The van der Waals surface area contributed by atoms with Gasteiger partial charge in [0.25, 0.3) is 0 Å². The number of benzene rings is 1. The van der Waals surface area contributed by atoms with Crippen LogP contribution < -0.4 is 9.47 Å². The van der Waals surface area contributed by atoms with Gasteiger partial charge in [0.05, 0.1) is 6.54 Å². The fourth-order valence-electron chi connectivity index (χ4n) is 3.28. The van der Waals surface area contributed by atoms with Crippen molar-refractivity contribution in [3.8, 4) is 11.5 Å². The first kappa shape index (κ1) is 22.0. The Morgan fingerprint density at radius 3 is 2.50 bits per heavy atom. The van der Waals surface area contributed by atoms with Crippen molar-refractivity contribution in [1.29, 1.82) is 0 Å². The number of fused-ring (bicyclic) bond motifs is 1. The summed E-state index contributed by atoms with van der Waals surface area (Å²) in [6.45, 7) is 5.79. The van der Waals surface area contributed by atoms with Crippen LogP contribution in [-0.4, -0.2) is 60.6 Å². The molecular formula is C22H29N3O4S. The van der Waals surface area contributed by atoms with Gasteiger partial charge in [-0.05, 0) is 35.1 Å².